The first-order valence-electron chi connectivity index (χ1n) is 9.04. The molecule has 1 heterocycles. The first kappa shape index (κ1) is 19.7. The Morgan fingerprint density at radius 2 is 1.70 bits per heavy atom. The van der Waals surface area contributed by atoms with Crippen molar-refractivity contribution in [2.24, 2.45) is 0 Å². The quantitative estimate of drug-likeness (QED) is 0.591. The van der Waals surface area contributed by atoms with Crippen LogP contribution in [0, 0.1) is 13.8 Å². The predicted molar refractivity (Wildman–Crippen MR) is 112 cm³/mol. The molecular formula is C22H22ClNO2S. The first-order chi connectivity index (χ1) is 12.9. The van der Waals surface area contributed by atoms with Crippen molar-refractivity contribution < 1.29 is 9.59 Å². The second kappa shape index (κ2) is 8.32. The summed E-state index contributed by atoms with van der Waals surface area (Å²) in [5.41, 5.74) is 3.46. The summed E-state index contributed by atoms with van der Waals surface area (Å²) in [5, 5.41) is 0.640. The number of unbranched alkanes of at least 4 members (excludes halogenated alkanes) is 1. The maximum Gasteiger partial charge on any atom is 0.268 e. The Morgan fingerprint density at radius 1 is 1.00 bits per heavy atom. The van der Waals surface area contributed by atoms with E-state index < -0.39 is 0 Å². The third-order valence-corrected chi connectivity index (χ3v) is 5.89. The number of benzene rings is 2. The van der Waals surface area contributed by atoms with Gasteiger partial charge in [0.1, 0.15) is 0 Å². The van der Waals surface area contributed by atoms with Gasteiger partial charge in [-0.3, -0.25) is 14.5 Å². The molecule has 27 heavy (non-hydrogen) atoms. The second-order valence-corrected chi connectivity index (χ2v) is 8.21. The summed E-state index contributed by atoms with van der Waals surface area (Å²) in [7, 11) is 0. The van der Waals surface area contributed by atoms with Crippen LogP contribution < -0.4 is 0 Å². The molecule has 0 N–H and O–H groups in total. The number of hydrogen-bond donors (Lipinski definition) is 0. The summed E-state index contributed by atoms with van der Waals surface area (Å²) in [4.78, 5) is 28.9. The molecule has 0 aromatic heterocycles. The van der Waals surface area contributed by atoms with Crippen molar-refractivity contribution in [2.45, 2.75) is 38.5 Å². The zero-order valence-corrected chi connectivity index (χ0v) is 17.3. The third-order valence-electron chi connectivity index (χ3n) is 4.55. The Balaban J connectivity index is 2.07. The number of carbonyl (C=O) groups excluding carboxylic acids is 2. The molecule has 0 bridgehead atoms. The van der Waals surface area contributed by atoms with Gasteiger partial charge in [-0.05, 0) is 55.7 Å². The maximum absolute atomic E-state index is 13.1. The molecule has 0 atom stereocenters. The van der Waals surface area contributed by atoms with E-state index in [4.69, 9.17) is 11.6 Å². The number of aryl methyl sites for hydroxylation is 2. The number of imide groups is 1. The van der Waals surface area contributed by atoms with Crippen LogP contribution in [0.2, 0.25) is 5.02 Å². The molecule has 140 valence electrons. The highest BCUT2D eigenvalue weighted by atomic mass is 35.5. The highest BCUT2D eigenvalue weighted by Crippen LogP contribution is 2.40. The number of hydrogen-bond acceptors (Lipinski definition) is 3. The van der Waals surface area contributed by atoms with Gasteiger partial charge in [-0.2, -0.15) is 0 Å². The van der Waals surface area contributed by atoms with Crippen molar-refractivity contribution in [3.63, 3.8) is 0 Å². The molecule has 2 aromatic carbocycles. The van der Waals surface area contributed by atoms with Crippen LogP contribution in [0.25, 0.3) is 5.57 Å². The number of amides is 2. The summed E-state index contributed by atoms with van der Waals surface area (Å²) in [6.45, 7) is 6.50. The number of halogens is 1. The van der Waals surface area contributed by atoms with E-state index in [2.05, 4.69) is 0 Å². The fourth-order valence-electron chi connectivity index (χ4n) is 3.12. The molecule has 1 aliphatic heterocycles. The van der Waals surface area contributed by atoms with Crippen LogP contribution in [-0.4, -0.2) is 23.3 Å². The van der Waals surface area contributed by atoms with Gasteiger partial charge >= 0.3 is 0 Å². The summed E-state index contributed by atoms with van der Waals surface area (Å²) >= 11 is 7.30. The van der Waals surface area contributed by atoms with Crippen molar-refractivity contribution >= 4 is 40.8 Å². The number of thioether (sulfide) groups is 1. The normalized spacial score (nSPS) is 14.4. The average Bonchev–Trinajstić information content (AvgIpc) is 2.86. The molecule has 0 aliphatic carbocycles. The van der Waals surface area contributed by atoms with Crippen molar-refractivity contribution in [1.29, 1.82) is 0 Å². The van der Waals surface area contributed by atoms with Gasteiger partial charge in [0.15, 0.2) is 0 Å². The molecule has 3 nitrogen and oxygen atoms in total. The highest BCUT2D eigenvalue weighted by molar-refractivity contribution is 8.04. The Hall–Kier alpha value is -2.04. The van der Waals surface area contributed by atoms with Crippen LogP contribution in [0.5, 0.6) is 0 Å². The molecule has 0 saturated heterocycles. The van der Waals surface area contributed by atoms with Gasteiger partial charge in [-0.25, -0.2) is 0 Å². The molecule has 2 aromatic rings. The lowest BCUT2D eigenvalue weighted by Gasteiger charge is -2.14. The van der Waals surface area contributed by atoms with E-state index in [0.29, 0.717) is 22.0 Å². The van der Waals surface area contributed by atoms with Gasteiger partial charge in [0.05, 0.1) is 10.5 Å². The van der Waals surface area contributed by atoms with Crippen LogP contribution in [0.3, 0.4) is 0 Å². The molecule has 0 radical (unpaired) electrons. The van der Waals surface area contributed by atoms with E-state index in [-0.39, 0.29) is 11.8 Å². The van der Waals surface area contributed by atoms with Gasteiger partial charge in [-0.15, -0.1) is 0 Å². The van der Waals surface area contributed by atoms with Gasteiger partial charge in [-0.1, -0.05) is 60.5 Å². The highest BCUT2D eigenvalue weighted by Gasteiger charge is 2.39. The lowest BCUT2D eigenvalue weighted by molar-refractivity contribution is -0.136. The Morgan fingerprint density at radius 3 is 2.33 bits per heavy atom. The summed E-state index contributed by atoms with van der Waals surface area (Å²) in [6.07, 6.45) is 1.73. The van der Waals surface area contributed by atoms with E-state index in [9.17, 15) is 9.59 Å². The maximum atomic E-state index is 13.1. The van der Waals surface area contributed by atoms with E-state index >= 15 is 0 Å². The molecule has 3 rings (SSSR count). The Labute approximate surface area is 169 Å². The molecule has 0 spiro atoms. The minimum atomic E-state index is -0.205. The van der Waals surface area contributed by atoms with Crippen molar-refractivity contribution in [3.8, 4) is 0 Å². The first-order valence-corrected chi connectivity index (χ1v) is 10.2. The van der Waals surface area contributed by atoms with Gasteiger partial charge in [0.2, 0.25) is 0 Å². The molecule has 0 unspecified atom stereocenters. The number of rotatable bonds is 6. The molecule has 2 amide bonds. The van der Waals surface area contributed by atoms with Gasteiger partial charge in [0, 0.05) is 16.5 Å². The molecule has 0 fully saturated rings. The second-order valence-electron chi connectivity index (χ2n) is 6.69. The average molecular weight is 400 g/mol. The zero-order chi connectivity index (χ0) is 19.6. The van der Waals surface area contributed by atoms with Crippen molar-refractivity contribution in [2.75, 3.05) is 6.54 Å². The molecular weight excluding hydrogens is 378 g/mol. The van der Waals surface area contributed by atoms with Crippen LogP contribution in [0.15, 0.2) is 52.3 Å². The summed E-state index contributed by atoms with van der Waals surface area (Å²) < 4.78 is 0. The third kappa shape index (κ3) is 4.12. The molecule has 5 heteroatoms. The standard InChI is InChI=1S/C22H22ClNO2S/c1-4-5-12-24-21(25)19(18-11-6-14(2)13-15(18)3)20(22(24)26)27-17-9-7-16(23)8-10-17/h6-11,13H,4-5,12H2,1-3H3. The van der Waals surface area contributed by atoms with E-state index in [1.54, 1.807) is 12.1 Å². The lowest BCUT2D eigenvalue weighted by atomic mass is 9.99. The fraction of sp³-hybridized carbons (Fsp3) is 0.273. The minimum absolute atomic E-state index is 0.197. The number of nitrogens with zero attached hydrogens (tertiary/aromatic N) is 1. The van der Waals surface area contributed by atoms with E-state index in [0.717, 1.165) is 34.4 Å². The van der Waals surface area contributed by atoms with Crippen LogP contribution in [-0.2, 0) is 9.59 Å². The van der Waals surface area contributed by atoms with E-state index in [1.807, 2.05) is 51.1 Å². The monoisotopic (exact) mass is 399 g/mol. The van der Waals surface area contributed by atoms with Crippen molar-refractivity contribution in [1.82, 2.24) is 4.90 Å². The van der Waals surface area contributed by atoms with Crippen molar-refractivity contribution in [3.05, 3.63) is 69.1 Å². The number of carbonyl (C=O) groups is 2. The van der Waals surface area contributed by atoms with Crippen LogP contribution in [0.4, 0.5) is 0 Å². The zero-order valence-electron chi connectivity index (χ0n) is 15.7. The predicted octanol–water partition coefficient (Wildman–Crippen LogP) is 5.63. The van der Waals surface area contributed by atoms with Crippen LogP contribution in [0.1, 0.15) is 36.5 Å². The van der Waals surface area contributed by atoms with E-state index in [1.165, 1.54) is 16.7 Å². The summed E-state index contributed by atoms with van der Waals surface area (Å²) in [6, 6.07) is 13.3. The molecule has 1 aliphatic rings. The van der Waals surface area contributed by atoms with Gasteiger partial charge in [0.25, 0.3) is 11.8 Å². The lowest BCUT2D eigenvalue weighted by Crippen LogP contribution is -2.32. The Kier molecular flexibility index (Phi) is 6.08. The minimum Gasteiger partial charge on any atom is -0.274 e. The largest absolute Gasteiger partial charge is 0.274 e. The molecule has 0 saturated carbocycles. The Bertz CT molecular complexity index is 918. The summed E-state index contributed by atoms with van der Waals surface area (Å²) in [5.74, 6) is -0.403. The fourth-order valence-corrected chi connectivity index (χ4v) is 4.25. The smallest absolute Gasteiger partial charge is 0.268 e. The SMILES string of the molecule is CCCCN1C(=O)C(Sc2ccc(Cl)cc2)=C(c2ccc(C)cc2C)C1=O. The topological polar surface area (TPSA) is 37.4 Å². The van der Waals surface area contributed by atoms with Crippen LogP contribution >= 0.6 is 23.4 Å². The van der Waals surface area contributed by atoms with Gasteiger partial charge < -0.3 is 0 Å².